The van der Waals surface area contributed by atoms with Crippen LogP contribution in [0.15, 0.2) is 479 Å². The third kappa shape index (κ3) is 14.5. The number of anilines is 15. The van der Waals surface area contributed by atoms with E-state index in [4.69, 9.17) is 18.9 Å². The molecule has 0 amide bonds. The highest BCUT2D eigenvalue weighted by Gasteiger charge is 2.45. The lowest BCUT2D eigenvalue weighted by Crippen LogP contribution is -2.59. The molecule has 0 radical (unpaired) electrons. The number of para-hydroxylation sites is 8. The van der Waals surface area contributed by atoms with E-state index in [-0.39, 0.29) is 13.4 Å². The molecule has 23 rings (SSSR count). The standard InChI is InChI=1S/C60H42BN3O2.C54H37BN2O2/c1-7-20-43(21-8-1)44-22-19-31-49(38-44)64-56-39-50(62(45-23-9-2-10-24-45)46-25-11-3-12-26-46)34-36-54(56)61-55-37-35-51(63(47-27-13-4-14-28-47)48-29-15-5-16-30-48)40-58(55)66-59-42-53(41-57(64)60(59)61)65-52-32-17-6-18-33-52;1-6-17-38(18-7-1)40-21-16-26-44(33-40)57-50-34-41(39-19-8-2-9-20-39)29-31-48(50)55-49-32-30-45(56(42-22-10-3-11-23-42)43-24-12-4-13-25-43)35-52(49)59-53-37-47(36-51(57)54(53)55)58-46-27-14-5-15-28-46/h1-42H;1-37H. The summed E-state index contributed by atoms with van der Waals surface area (Å²) < 4.78 is 27.7. The Morgan fingerprint density at radius 1 is 0.184 bits per heavy atom. The van der Waals surface area contributed by atoms with Crippen molar-refractivity contribution in [1.82, 2.24) is 0 Å². The Bertz CT molecular complexity index is 7000. The molecule has 4 aliphatic heterocycles. The maximum atomic E-state index is 7.19. The first-order valence-electron chi connectivity index (χ1n) is 42.4. The lowest BCUT2D eigenvalue weighted by molar-refractivity contribution is 0.462. The summed E-state index contributed by atoms with van der Waals surface area (Å²) in [5, 5.41) is 0. The highest BCUT2D eigenvalue weighted by molar-refractivity contribution is 7.00. The highest BCUT2D eigenvalue weighted by Crippen LogP contribution is 2.51. The first kappa shape index (κ1) is 74.8. The maximum absolute atomic E-state index is 7.19. The van der Waals surface area contributed by atoms with Crippen molar-refractivity contribution in [3.8, 4) is 79.4 Å². The largest absolute Gasteiger partial charge is 0.458 e. The topological polar surface area (TPSA) is 53.1 Å². The molecule has 4 heterocycles. The van der Waals surface area contributed by atoms with Gasteiger partial charge in [-0.05, 0) is 218 Å². The van der Waals surface area contributed by atoms with Crippen LogP contribution in [-0.2, 0) is 0 Å². The van der Waals surface area contributed by atoms with Crippen molar-refractivity contribution in [1.29, 1.82) is 0 Å². The summed E-state index contributed by atoms with van der Waals surface area (Å²) in [7, 11) is 0. The molecule has 0 unspecified atom stereocenters. The van der Waals surface area contributed by atoms with Gasteiger partial charge in [-0.25, -0.2) is 0 Å². The smallest absolute Gasteiger partial charge is 0.256 e. The van der Waals surface area contributed by atoms with Crippen LogP contribution in [0, 0.1) is 0 Å². The normalized spacial score (nSPS) is 12.1. The van der Waals surface area contributed by atoms with Crippen LogP contribution in [0.1, 0.15) is 0 Å². The summed E-state index contributed by atoms with van der Waals surface area (Å²) in [6, 6.07) is 168. The summed E-state index contributed by atoms with van der Waals surface area (Å²) in [5.74, 6) is 6.04. The molecule has 0 bridgehead atoms. The Morgan fingerprint density at radius 3 is 0.808 bits per heavy atom. The molecule has 0 aliphatic carbocycles. The van der Waals surface area contributed by atoms with Gasteiger partial charge < -0.3 is 43.4 Å². The number of fused-ring (bicyclic) bond motifs is 8. The second-order valence-electron chi connectivity index (χ2n) is 31.5. The number of rotatable bonds is 18. The fourth-order valence-corrected chi connectivity index (χ4v) is 18.3. The van der Waals surface area contributed by atoms with Gasteiger partial charge >= 0.3 is 0 Å². The first-order valence-corrected chi connectivity index (χ1v) is 42.4. The van der Waals surface area contributed by atoms with E-state index in [1.807, 2.05) is 60.7 Å². The minimum absolute atomic E-state index is 0.0983. The van der Waals surface area contributed by atoms with E-state index in [0.29, 0.717) is 11.5 Å². The molecule has 0 saturated heterocycles. The fraction of sp³-hybridized carbons (Fsp3) is 0. The van der Waals surface area contributed by atoms with Gasteiger partial charge in [0.2, 0.25) is 0 Å². The SMILES string of the molecule is c1ccc(Oc2cc3c4c(c2)N(c2cccc(-c5ccccc5)c2)c2cc(-c5ccccc5)ccc2B4c2ccc(N(c4ccccc4)c4ccccc4)cc2O3)cc1.c1ccc(Oc2cc3c4c(c2)N(c2cccc(-c5ccccc5)c2)c2cc(N(c5ccccc5)c5ccccc5)ccc2B4c2ccc(N(c4ccccc4)c4ccccc4)cc2O3)cc1. The number of hydrogen-bond acceptors (Lipinski definition) is 9. The van der Waals surface area contributed by atoms with Crippen molar-refractivity contribution in [2.45, 2.75) is 0 Å². The molecule has 4 aliphatic rings. The molecule has 590 valence electrons. The summed E-state index contributed by atoms with van der Waals surface area (Å²) >= 11 is 0. The molecule has 0 spiro atoms. The predicted octanol–water partition coefficient (Wildman–Crippen LogP) is 27.2. The minimum atomic E-state index is -0.153. The van der Waals surface area contributed by atoms with Crippen LogP contribution in [0.5, 0.6) is 46.0 Å². The Kier molecular flexibility index (Phi) is 19.7. The number of benzene rings is 19. The Hall–Kier alpha value is -16.5. The number of ether oxygens (including phenoxy) is 4. The van der Waals surface area contributed by atoms with Crippen LogP contribution in [0.3, 0.4) is 0 Å². The Morgan fingerprint density at radius 2 is 0.464 bits per heavy atom. The second-order valence-corrected chi connectivity index (χ2v) is 31.5. The Labute approximate surface area is 728 Å². The predicted molar refractivity (Wildman–Crippen MR) is 518 cm³/mol. The van der Waals surface area contributed by atoms with Crippen LogP contribution >= 0.6 is 0 Å². The van der Waals surface area contributed by atoms with Gasteiger partial charge in [0, 0.05) is 122 Å². The van der Waals surface area contributed by atoms with Gasteiger partial charge in [-0.1, -0.05) is 291 Å². The van der Waals surface area contributed by atoms with Crippen molar-refractivity contribution in [3.05, 3.63) is 479 Å². The molecular formula is C114H79B2N5O4. The second kappa shape index (κ2) is 32.9. The van der Waals surface area contributed by atoms with E-state index in [1.165, 1.54) is 22.1 Å². The van der Waals surface area contributed by atoms with Crippen LogP contribution < -0.4 is 76.2 Å². The molecular weight excluding hydrogens is 1520 g/mol. The van der Waals surface area contributed by atoms with Crippen molar-refractivity contribution in [2.75, 3.05) is 24.5 Å². The van der Waals surface area contributed by atoms with E-state index in [9.17, 15) is 0 Å². The molecule has 125 heavy (non-hydrogen) atoms. The van der Waals surface area contributed by atoms with Crippen molar-refractivity contribution in [2.24, 2.45) is 0 Å². The zero-order valence-electron chi connectivity index (χ0n) is 68.1. The summed E-state index contributed by atoms with van der Waals surface area (Å²) in [4.78, 5) is 11.7. The minimum Gasteiger partial charge on any atom is -0.458 e. The summed E-state index contributed by atoms with van der Waals surface area (Å²) in [6.07, 6.45) is 0. The molecule has 19 aromatic rings. The first-order chi connectivity index (χ1) is 62.0. The molecule has 11 heteroatoms. The maximum Gasteiger partial charge on any atom is 0.256 e. The average Bonchev–Trinajstić information content (AvgIpc) is 0.710. The van der Waals surface area contributed by atoms with E-state index < -0.39 is 0 Å². The van der Waals surface area contributed by atoms with Gasteiger partial charge in [-0.3, -0.25) is 0 Å². The average molecular weight is 1600 g/mol. The van der Waals surface area contributed by atoms with Gasteiger partial charge in [0.1, 0.15) is 46.0 Å². The van der Waals surface area contributed by atoms with E-state index >= 15 is 0 Å². The Balaban J connectivity index is 0.000000149. The van der Waals surface area contributed by atoms with Crippen LogP contribution in [0.2, 0.25) is 0 Å². The van der Waals surface area contributed by atoms with Gasteiger partial charge in [0.25, 0.3) is 13.4 Å². The highest BCUT2D eigenvalue weighted by atomic mass is 16.5. The number of nitrogens with zero attached hydrogens (tertiary/aromatic N) is 5. The van der Waals surface area contributed by atoms with Gasteiger partial charge in [0.05, 0.1) is 0 Å². The van der Waals surface area contributed by atoms with Crippen molar-refractivity contribution >= 4 is 132 Å². The van der Waals surface area contributed by atoms with E-state index in [0.717, 1.165) is 164 Å². The van der Waals surface area contributed by atoms with Crippen molar-refractivity contribution in [3.63, 3.8) is 0 Å². The molecule has 0 N–H and O–H groups in total. The third-order valence-electron chi connectivity index (χ3n) is 23.8. The summed E-state index contributed by atoms with van der Waals surface area (Å²) in [5.41, 5.74) is 29.4. The van der Waals surface area contributed by atoms with E-state index in [2.05, 4.69) is 443 Å². The third-order valence-corrected chi connectivity index (χ3v) is 23.8. The molecule has 0 saturated carbocycles. The monoisotopic (exact) mass is 1600 g/mol. The molecule has 19 aromatic carbocycles. The zero-order chi connectivity index (χ0) is 82.9. The van der Waals surface area contributed by atoms with Gasteiger partial charge in [-0.2, -0.15) is 0 Å². The number of hydrogen-bond donors (Lipinski definition) is 0. The van der Waals surface area contributed by atoms with Crippen molar-refractivity contribution < 1.29 is 18.9 Å². The van der Waals surface area contributed by atoms with E-state index in [1.54, 1.807) is 0 Å². The van der Waals surface area contributed by atoms with Crippen LogP contribution in [0.25, 0.3) is 33.4 Å². The summed E-state index contributed by atoms with van der Waals surface area (Å²) in [6.45, 7) is -0.251. The van der Waals surface area contributed by atoms with Gasteiger partial charge in [-0.15, -0.1) is 0 Å². The molecule has 0 aromatic heterocycles. The lowest BCUT2D eigenvalue weighted by Gasteiger charge is -2.41. The molecule has 0 fully saturated rings. The van der Waals surface area contributed by atoms with Crippen LogP contribution in [-0.4, -0.2) is 13.4 Å². The van der Waals surface area contributed by atoms with Gasteiger partial charge in [0.15, 0.2) is 0 Å². The molecule has 0 atom stereocenters. The molecule has 9 nitrogen and oxygen atoms in total. The van der Waals surface area contributed by atoms with Crippen LogP contribution in [0.4, 0.5) is 85.3 Å². The zero-order valence-corrected chi connectivity index (χ0v) is 68.1. The quantitative estimate of drug-likeness (QED) is 0.0782. The lowest BCUT2D eigenvalue weighted by atomic mass is 9.34. The fourth-order valence-electron chi connectivity index (χ4n) is 18.3.